The molecule has 4 nitrogen and oxygen atoms in total. The van der Waals surface area contributed by atoms with E-state index in [2.05, 4.69) is 0 Å². The molecule has 20 heavy (non-hydrogen) atoms. The molecule has 0 saturated carbocycles. The molecule has 6 heteroatoms. The Morgan fingerprint density at radius 2 is 2.25 bits per heavy atom. The Hall–Kier alpha value is -1.33. The molecule has 1 saturated heterocycles. The lowest BCUT2D eigenvalue weighted by molar-refractivity contribution is 0.0743. The van der Waals surface area contributed by atoms with Gasteiger partial charge in [0.2, 0.25) is 0 Å². The number of hydrogen-bond donors (Lipinski definition) is 1. The van der Waals surface area contributed by atoms with Gasteiger partial charge >= 0.3 is 0 Å². The Kier molecular flexibility index (Phi) is 5.77. The van der Waals surface area contributed by atoms with Crippen LogP contribution < -0.4 is 10.5 Å². The Bertz CT molecular complexity index is 484. The Morgan fingerprint density at radius 3 is 2.80 bits per heavy atom. The van der Waals surface area contributed by atoms with E-state index in [9.17, 15) is 9.18 Å². The molecule has 2 rings (SSSR count). The molecule has 1 aromatic carbocycles. The third kappa shape index (κ3) is 3.22. The van der Waals surface area contributed by atoms with E-state index in [0.717, 1.165) is 6.42 Å². The first-order valence-corrected chi connectivity index (χ1v) is 6.41. The van der Waals surface area contributed by atoms with Crippen LogP contribution in [0.1, 0.15) is 23.7 Å². The third-order valence-corrected chi connectivity index (χ3v) is 3.65. The highest BCUT2D eigenvalue weighted by molar-refractivity contribution is 5.95. The summed E-state index contributed by atoms with van der Waals surface area (Å²) < 4.78 is 18.2. The average molecular weight is 303 g/mol. The lowest BCUT2D eigenvalue weighted by Gasteiger charge is -2.21. The minimum atomic E-state index is -0.464. The van der Waals surface area contributed by atoms with E-state index < -0.39 is 5.82 Å². The molecule has 0 spiro atoms. The van der Waals surface area contributed by atoms with E-state index in [4.69, 9.17) is 10.5 Å². The highest BCUT2D eigenvalue weighted by Crippen LogP contribution is 2.26. The van der Waals surface area contributed by atoms with Crippen LogP contribution in [0.15, 0.2) is 18.2 Å². The summed E-state index contributed by atoms with van der Waals surface area (Å²) in [5.74, 6) is -0.121. The predicted molar refractivity (Wildman–Crippen MR) is 77.9 cm³/mol. The molecule has 1 amide bonds. The van der Waals surface area contributed by atoms with Crippen LogP contribution >= 0.6 is 12.4 Å². The molecule has 2 N–H and O–H groups in total. The molecule has 0 aliphatic carbocycles. The van der Waals surface area contributed by atoms with Crippen molar-refractivity contribution < 1.29 is 13.9 Å². The lowest BCUT2D eigenvalue weighted by Crippen LogP contribution is -2.34. The number of carbonyl (C=O) groups is 1. The topological polar surface area (TPSA) is 55.6 Å². The van der Waals surface area contributed by atoms with Crippen molar-refractivity contribution in [3.8, 4) is 5.75 Å². The van der Waals surface area contributed by atoms with E-state index in [-0.39, 0.29) is 30.1 Å². The maximum Gasteiger partial charge on any atom is 0.254 e. The second kappa shape index (κ2) is 6.90. The molecule has 0 bridgehead atoms. The van der Waals surface area contributed by atoms with Gasteiger partial charge in [0.1, 0.15) is 0 Å². The first-order chi connectivity index (χ1) is 9.06. The van der Waals surface area contributed by atoms with Crippen molar-refractivity contribution in [1.29, 1.82) is 0 Å². The monoisotopic (exact) mass is 302 g/mol. The van der Waals surface area contributed by atoms with Crippen LogP contribution in [-0.2, 0) is 0 Å². The maximum atomic E-state index is 13.3. The highest BCUT2D eigenvalue weighted by atomic mass is 35.5. The molecular formula is C14H20ClFN2O2. The molecule has 1 aliphatic rings. The number of amides is 1. The number of hydrogen-bond acceptors (Lipinski definition) is 3. The fourth-order valence-corrected chi connectivity index (χ4v) is 2.55. The lowest BCUT2D eigenvalue weighted by atomic mass is 10.1. The SMILES string of the molecule is COc1cc(C(=O)N2CC(CN)CC2C)ccc1F.Cl. The van der Waals surface area contributed by atoms with Crippen molar-refractivity contribution >= 4 is 18.3 Å². The van der Waals surface area contributed by atoms with Crippen LogP contribution in [0.3, 0.4) is 0 Å². The Labute approximate surface area is 124 Å². The van der Waals surface area contributed by atoms with Crippen LogP contribution in [0.4, 0.5) is 4.39 Å². The van der Waals surface area contributed by atoms with Gasteiger partial charge in [0.15, 0.2) is 11.6 Å². The van der Waals surface area contributed by atoms with Gasteiger partial charge in [-0.15, -0.1) is 12.4 Å². The van der Waals surface area contributed by atoms with Crippen LogP contribution in [0, 0.1) is 11.7 Å². The smallest absolute Gasteiger partial charge is 0.254 e. The van der Waals surface area contributed by atoms with Gasteiger partial charge in [-0.1, -0.05) is 0 Å². The fraction of sp³-hybridized carbons (Fsp3) is 0.500. The largest absolute Gasteiger partial charge is 0.494 e. The molecule has 0 aromatic heterocycles. The normalized spacial score (nSPS) is 21.5. The minimum absolute atomic E-state index is 0. The fourth-order valence-electron chi connectivity index (χ4n) is 2.55. The molecule has 2 atom stereocenters. The van der Waals surface area contributed by atoms with Gasteiger partial charge in [-0.25, -0.2) is 4.39 Å². The number of nitrogens with two attached hydrogens (primary N) is 1. The number of ether oxygens (including phenoxy) is 1. The van der Waals surface area contributed by atoms with E-state index >= 15 is 0 Å². The van der Waals surface area contributed by atoms with Gasteiger partial charge in [0, 0.05) is 18.2 Å². The Morgan fingerprint density at radius 1 is 1.55 bits per heavy atom. The summed E-state index contributed by atoms with van der Waals surface area (Å²) in [4.78, 5) is 14.2. The number of rotatable bonds is 3. The van der Waals surface area contributed by atoms with Gasteiger partial charge in [-0.3, -0.25) is 4.79 Å². The van der Waals surface area contributed by atoms with Crippen molar-refractivity contribution in [2.24, 2.45) is 11.7 Å². The van der Waals surface area contributed by atoms with Gasteiger partial charge in [0.05, 0.1) is 7.11 Å². The highest BCUT2D eigenvalue weighted by Gasteiger charge is 2.32. The molecular weight excluding hydrogens is 283 g/mol. The summed E-state index contributed by atoms with van der Waals surface area (Å²) in [5, 5.41) is 0. The molecule has 2 unspecified atom stereocenters. The zero-order valence-electron chi connectivity index (χ0n) is 11.6. The number of likely N-dealkylation sites (tertiary alicyclic amines) is 1. The summed E-state index contributed by atoms with van der Waals surface area (Å²) in [6.45, 7) is 3.26. The van der Waals surface area contributed by atoms with Crippen molar-refractivity contribution in [3.63, 3.8) is 0 Å². The van der Waals surface area contributed by atoms with Crippen molar-refractivity contribution in [2.75, 3.05) is 20.2 Å². The molecule has 1 aliphatic heterocycles. The average Bonchev–Trinajstić information content (AvgIpc) is 2.80. The zero-order chi connectivity index (χ0) is 14.0. The molecule has 1 heterocycles. The predicted octanol–water partition coefficient (Wildman–Crippen LogP) is 2.07. The van der Waals surface area contributed by atoms with E-state index in [1.807, 2.05) is 6.92 Å². The summed E-state index contributed by atoms with van der Waals surface area (Å²) in [5.41, 5.74) is 6.10. The second-order valence-electron chi connectivity index (χ2n) is 4.99. The summed E-state index contributed by atoms with van der Waals surface area (Å²) in [6, 6.07) is 4.35. The zero-order valence-corrected chi connectivity index (χ0v) is 12.5. The maximum absolute atomic E-state index is 13.3. The Balaban J connectivity index is 0.00000200. The number of halogens is 2. The molecule has 112 valence electrons. The summed E-state index contributed by atoms with van der Waals surface area (Å²) in [7, 11) is 1.38. The van der Waals surface area contributed by atoms with E-state index in [1.54, 1.807) is 4.90 Å². The number of benzene rings is 1. The summed E-state index contributed by atoms with van der Waals surface area (Å²) >= 11 is 0. The van der Waals surface area contributed by atoms with Crippen LogP contribution in [0.25, 0.3) is 0 Å². The van der Waals surface area contributed by atoms with Gasteiger partial charge in [-0.2, -0.15) is 0 Å². The van der Waals surface area contributed by atoms with Crippen LogP contribution in [0.2, 0.25) is 0 Å². The first-order valence-electron chi connectivity index (χ1n) is 6.41. The number of nitrogens with zero attached hydrogens (tertiary/aromatic N) is 1. The van der Waals surface area contributed by atoms with Crippen molar-refractivity contribution in [2.45, 2.75) is 19.4 Å². The molecule has 1 aromatic rings. The van der Waals surface area contributed by atoms with Crippen molar-refractivity contribution in [3.05, 3.63) is 29.6 Å². The van der Waals surface area contributed by atoms with Gasteiger partial charge in [0.25, 0.3) is 5.91 Å². The molecule has 1 fully saturated rings. The van der Waals surface area contributed by atoms with E-state index in [0.29, 0.717) is 24.6 Å². The van der Waals surface area contributed by atoms with Crippen LogP contribution in [0.5, 0.6) is 5.75 Å². The quantitative estimate of drug-likeness (QED) is 0.930. The van der Waals surface area contributed by atoms with E-state index in [1.165, 1.54) is 25.3 Å². The van der Waals surface area contributed by atoms with Crippen molar-refractivity contribution in [1.82, 2.24) is 4.90 Å². The van der Waals surface area contributed by atoms with Gasteiger partial charge in [-0.05, 0) is 44.0 Å². The minimum Gasteiger partial charge on any atom is -0.494 e. The number of methoxy groups -OCH3 is 1. The number of carbonyl (C=O) groups excluding carboxylic acids is 1. The summed E-state index contributed by atoms with van der Waals surface area (Å²) in [6.07, 6.45) is 0.917. The standard InChI is InChI=1S/C14H19FN2O2.ClH/c1-9-5-10(7-16)8-17(9)14(18)11-3-4-12(15)13(6-11)19-2;/h3-4,6,9-10H,5,7-8,16H2,1-2H3;1H. The van der Waals surface area contributed by atoms with Crippen LogP contribution in [-0.4, -0.2) is 37.0 Å². The third-order valence-electron chi connectivity index (χ3n) is 3.65. The second-order valence-corrected chi connectivity index (χ2v) is 4.99. The molecule has 0 radical (unpaired) electrons. The van der Waals surface area contributed by atoms with Gasteiger partial charge < -0.3 is 15.4 Å². The first kappa shape index (κ1) is 16.7.